The molecule has 0 radical (unpaired) electrons. The van der Waals surface area contributed by atoms with Crippen LogP contribution in [-0.4, -0.2) is 50.9 Å². The third kappa shape index (κ3) is 4.62. The number of likely N-dealkylation sites (N-methyl/N-ethyl adjacent to an activating group) is 1. The third-order valence-corrected chi connectivity index (χ3v) is 3.74. The maximum atomic E-state index is 12.5. The highest BCUT2D eigenvalue weighted by Gasteiger charge is 2.22. The Morgan fingerprint density at radius 3 is 2.86 bits per heavy atom. The zero-order valence-electron chi connectivity index (χ0n) is 12.4. The molecule has 1 N–H and O–H groups in total. The molecule has 2 rings (SSSR count). The van der Waals surface area contributed by atoms with E-state index in [2.05, 4.69) is 15.0 Å². The fraction of sp³-hybridized carbons (Fsp3) is 0.600. The van der Waals surface area contributed by atoms with Crippen molar-refractivity contribution < 1.29 is 18.3 Å². The highest BCUT2D eigenvalue weighted by atomic mass is 19.3. The lowest BCUT2D eigenvalue weighted by Crippen LogP contribution is -2.44. The van der Waals surface area contributed by atoms with Crippen LogP contribution in [0.3, 0.4) is 0 Å². The summed E-state index contributed by atoms with van der Waals surface area (Å²) in [5.74, 6) is 0.231. The molecule has 21 heavy (non-hydrogen) atoms. The van der Waals surface area contributed by atoms with Gasteiger partial charge >= 0.3 is 6.61 Å². The molecule has 2 unspecified atom stereocenters. The quantitative estimate of drug-likeness (QED) is 0.874. The van der Waals surface area contributed by atoms with Crippen molar-refractivity contribution in [1.82, 2.24) is 10.2 Å². The molecule has 0 aliphatic carbocycles. The minimum absolute atomic E-state index is 0.0366. The van der Waals surface area contributed by atoms with Crippen LogP contribution >= 0.6 is 0 Å². The lowest BCUT2D eigenvalue weighted by molar-refractivity contribution is -0.0514. The first-order valence-electron chi connectivity index (χ1n) is 7.14. The molecule has 1 aliphatic rings. The molecular weight excluding hydrogens is 278 g/mol. The third-order valence-electron chi connectivity index (χ3n) is 3.74. The average molecular weight is 300 g/mol. The van der Waals surface area contributed by atoms with E-state index in [-0.39, 0.29) is 17.9 Å². The van der Waals surface area contributed by atoms with Crippen LogP contribution in [0.5, 0.6) is 5.75 Å². The Hall–Kier alpha value is -1.24. The Bertz CT molecular complexity index is 439. The number of ether oxygens (including phenoxy) is 2. The molecule has 6 heteroatoms. The molecule has 4 nitrogen and oxygen atoms in total. The van der Waals surface area contributed by atoms with Crippen LogP contribution in [0.4, 0.5) is 8.78 Å². The van der Waals surface area contributed by atoms with Gasteiger partial charge in [-0.05, 0) is 20.0 Å². The SMILES string of the molecule is CC(c1ccccc1OC(F)F)N(C)CC1CNCCO1. The van der Waals surface area contributed by atoms with Gasteiger partial charge in [-0.1, -0.05) is 18.2 Å². The number of morpholine rings is 1. The summed E-state index contributed by atoms with van der Waals surface area (Å²) in [6, 6.07) is 6.88. The topological polar surface area (TPSA) is 33.7 Å². The first-order chi connectivity index (χ1) is 10.1. The Kier molecular flexibility index (Phi) is 5.90. The van der Waals surface area contributed by atoms with E-state index in [1.165, 1.54) is 0 Å². The summed E-state index contributed by atoms with van der Waals surface area (Å²) in [4.78, 5) is 2.09. The van der Waals surface area contributed by atoms with Crippen LogP contribution in [0, 0.1) is 0 Å². The highest BCUT2D eigenvalue weighted by Crippen LogP contribution is 2.29. The van der Waals surface area contributed by atoms with Gasteiger partial charge in [0.25, 0.3) is 0 Å². The fourth-order valence-electron chi connectivity index (χ4n) is 2.48. The van der Waals surface area contributed by atoms with E-state index < -0.39 is 6.61 Å². The molecule has 1 heterocycles. The van der Waals surface area contributed by atoms with Gasteiger partial charge in [0.2, 0.25) is 0 Å². The number of halogens is 2. The van der Waals surface area contributed by atoms with E-state index >= 15 is 0 Å². The van der Waals surface area contributed by atoms with E-state index in [0.29, 0.717) is 6.61 Å². The Labute approximate surface area is 124 Å². The molecule has 2 atom stereocenters. The Morgan fingerprint density at radius 1 is 1.43 bits per heavy atom. The van der Waals surface area contributed by atoms with Gasteiger partial charge in [0.1, 0.15) is 5.75 Å². The number of hydrogen-bond donors (Lipinski definition) is 1. The van der Waals surface area contributed by atoms with Gasteiger partial charge in [-0.25, -0.2) is 0 Å². The number of nitrogens with zero attached hydrogens (tertiary/aromatic N) is 1. The molecule has 118 valence electrons. The summed E-state index contributed by atoms with van der Waals surface area (Å²) >= 11 is 0. The lowest BCUT2D eigenvalue weighted by atomic mass is 10.1. The summed E-state index contributed by atoms with van der Waals surface area (Å²) in [6.45, 7) is 2.29. The summed E-state index contributed by atoms with van der Waals surface area (Å²) in [7, 11) is 1.96. The molecule has 1 aromatic carbocycles. The van der Waals surface area contributed by atoms with Crippen LogP contribution in [0.25, 0.3) is 0 Å². The minimum atomic E-state index is -2.81. The number of rotatable bonds is 6. The van der Waals surface area contributed by atoms with Crippen LogP contribution < -0.4 is 10.1 Å². The van der Waals surface area contributed by atoms with Crippen molar-refractivity contribution in [1.29, 1.82) is 0 Å². The molecule has 1 saturated heterocycles. The van der Waals surface area contributed by atoms with Gasteiger partial charge in [-0.15, -0.1) is 0 Å². The van der Waals surface area contributed by atoms with Gasteiger partial charge in [0.15, 0.2) is 0 Å². The van der Waals surface area contributed by atoms with Crippen LogP contribution in [-0.2, 0) is 4.74 Å². The molecule has 1 aliphatic heterocycles. The average Bonchev–Trinajstić information content (AvgIpc) is 2.47. The second kappa shape index (κ2) is 7.68. The first kappa shape index (κ1) is 16.1. The normalized spacial score (nSPS) is 20.8. The van der Waals surface area contributed by atoms with Gasteiger partial charge in [-0.2, -0.15) is 8.78 Å². The van der Waals surface area contributed by atoms with E-state index in [9.17, 15) is 8.78 Å². The molecular formula is C15H22F2N2O2. The van der Waals surface area contributed by atoms with E-state index in [1.54, 1.807) is 12.1 Å². The number of para-hydroxylation sites is 1. The number of benzene rings is 1. The predicted molar refractivity (Wildman–Crippen MR) is 76.7 cm³/mol. The summed E-state index contributed by atoms with van der Waals surface area (Å²) in [5, 5.41) is 3.28. The number of nitrogens with one attached hydrogen (secondary N) is 1. The van der Waals surface area contributed by atoms with E-state index in [1.807, 2.05) is 26.1 Å². The second-order valence-electron chi connectivity index (χ2n) is 5.23. The van der Waals surface area contributed by atoms with Crippen molar-refractivity contribution in [2.24, 2.45) is 0 Å². The van der Waals surface area contributed by atoms with Crippen molar-refractivity contribution in [2.45, 2.75) is 25.7 Å². The summed E-state index contributed by atoms with van der Waals surface area (Å²) in [5.41, 5.74) is 0.754. The monoisotopic (exact) mass is 300 g/mol. The lowest BCUT2D eigenvalue weighted by Gasteiger charge is -2.32. The van der Waals surface area contributed by atoms with E-state index in [4.69, 9.17) is 4.74 Å². The fourth-order valence-corrected chi connectivity index (χ4v) is 2.48. The number of hydrogen-bond acceptors (Lipinski definition) is 4. The van der Waals surface area contributed by atoms with Crippen molar-refractivity contribution in [2.75, 3.05) is 33.3 Å². The standard InChI is InChI=1S/C15H22F2N2O2/c1-11(19(2)10-12-9-18-7-8-20-12)13-5-3-4-6-14(13)21-15(16)17/h3-6,11-12,15,18H,7-10H2,1-2H3. The Morgan fingerprint density at radius 2 is 2.19 bits per heavy atom. The van der Waals surface area contributed by atoms with Crippen LogP contribution in [0.15, 0.2) is 24.3 Å². The second-order valence-corrected chi connectivity index (χ2v) is 5.23. The Balaban J connectivity index is 2.02. The van der Waals surface area contributed by atoms with Gasteiger partial charge < -0.3 is 14.8 Å². The maximum Gasteiger partial charge on any atom is 0.387 e. The zero-order valence-corrected chi connectivity index (χ0v) is 12.4. The summed E-state index contributed by atoms with van der Waals surface area (Å²) in [6.07, 6.45) is 0.120. The molecule has 0 amide bonds. The first-order valence-corrected chi connectivity index (χ1v) is 7.14. The summed E-state index contributed by atoms with van der Waals surface area (Å²) < 4.78 is 35.2. The molecule has 0 aromatic heterocycles. The maximum absolute atomic E-state index is 12.5. The van der Waals surface area contributed by atoms with Crippen molar-refractivity contribution in [3.63, 3.8) is 0 Å². The molecule has 0 bridgehead atoms. The number of alkyl halides is 2. The molecule has 1 fully saturated rings. The minimum Gasteiger partial charge on any atom is -0.434 e. The predicted octanol–water partition coefficient (Wildman–Crippen LogP) is 2.27. The van der Waals surface area contributed by atoms with E-state index in [0.717, 1.165) is 25.2 Å². The molecule has 0 spiro atoms. The van der Waals surface area contributed by atoms with Crippen LogP contribution in [0.2, 0.25) is 0 Å². The van der Waals surface area contributed by atoms with Crippen molar-refractivity contribution in [3.05, 3.63) is 29.8 Å². The smallest absolute Gasteiger partial charge is 0.387 e. The van der Waals surface area contributed by atoms with Crippen molar-refractivity contribution in [3.8, 4) is 5.75 Å². The molecule has 0 saturated carbocycles. The van der Waals surface area contributed by atoms with Gasteiger partial charge in [0, 0.05) is 31.2 Å². The van der Waals surface area contributed by atoms with Crippen LogP contribution in [0.1, 0.15) is 18.5 Å². The van der Waals surface area contributed by atoms with Gasteiger partial charge in [-0.3, -0.25) is 4.90 Å². The molecule has 1 aromatic rings. The van der Waals surface area contributed by atoms with Crippen molar-refractivity contribution >= 4 is 0 Å². The zero-order chi connectivity index (χ0) is 15.2. The largest absolute Gasteiger partial charge is 0.434 e. The highest BCUT2D eigenvalue weighted by molar-refractivity contribution is 5.35. The van der Waals surface area contributed by atoms with Gasteiger partial charge in [0.05, 0.1) is 12.7 Å².